The normalized spacial score (nSPS) is 11.6. The maximum atomic E-state index is 8.95. The summed E-state index contributed by atoms with van der Waals surface area (Å²) in [6.07, 6.45) is 0. The first-order valence-corrected chi connectivity index (χ1v) is 4.79. The molecule has 0 aliphatic carbocycles. The molecule has 0 spiro atoms. The van der Waals surface area contributed by atoms with E-state index >= 15 is 0 Å². The van der Waals surface area contributed by atoms with Crippen molar-refractivity contribution in [1.82, 2.24) is 0 Å². The molecule has 0 saturated carbocycles. The summed E-state index contributed by atoms with van der Waals surface area (Å²) >= 11 is 0. The molecule has 74 valence electrons. The Morgan fingerprint density at radius 1 is 1.23 bits per heavy atom. The lowest BCUT2D eigenvalue weighted by Gasteiger charge is -2.07. The highest BCUT2D eigenvalue weighted by molar-refractivity contribution is 5.26. The van der Waals surface area contributed by atoms with Gasteiger partial charge in [-0.25, -0.2) is 0 Å². The van der Waals surface area contributed by atoms with Gasteiger partial charge in [-0.15, -0.1) is 0 Å². The topological polar surface area (TPSA) is 33.4 Å². The number of hydrogen-bond acceptors (Lipinski definition) is 2. The lowest BCUT2D eigenvalue weighted by Crippen LogP contribution is -1.93. The second kappa shape index (κ2) is 3.97. The molecule has 2 heteroatoms. The number of hydrogen-bond donors (Lipinski definition) is 1. The molecular formula is C11H18O2. The van der Waals surface area contributed by atoms with Gasteiger partial charge in [0, 0.05) is 5.92 Å². The molecule has 1 aromatic rings. The van der Waals surface area contributed by atoms with Crippen LogP contribution >= 0.6 is 0 Å². The first kappa shape index (κ1) is 10.3. The van der Waals surface area contributed by atoms with E-state index in [1.54, 1.807) is 0 Å². The van der Waals surface area contributed by atoms with Gasteiger partial charge < -0.3 is 9.52 Å². The van der Waals surface area contributed by atoms with Crippen LogP contribution in [0.25, 0.3) is 0 Å². The summed E-state index contributed by atoms with van der Waals surface area (Å²) in [6.45, 7) is 8.47. The van der Waals surface area contributed by atoms with Gasteiger partial charge >= 0.3 is 0 Å². The standard InChI is InChI=1S/C11H18O2/c1-7(2)10-5-9(6-12)13-11(10)8(3)4/h5,7-8,12H,6H2,1-4H3. The highest BCUT2D eigenvalue weighted by Gasteiger charge is 2.15. The van der Waals surface area contributed by atoms with Gasteiger partial charge in [0.1, 0.15) is 18.1 Å². The van der Waals surface area contributed by atoms with Crippen LogP contribution in [0.5, 0.6) is 0 Å². The van der Waals surface area contributed by atoms with E-state index in [2.05, 4.69) is 27.7 Å². The Kier molecular flexibility index (Phi) is 3.15. The second-order valence-corrected chi connectivity index (χ2v) is 4.00. The molecule has 0 saturated heterocycles. The van der Waals surface area contributed by atoms with Crippen molar-refractivity contribution in [3.8, 4) is 0 Å². The van der Waals surface area contributed by atoms with Gasteiger partial charge in [0.05, 0.1) is 0 Å². The minimum absolute atomic E-state index is 0.00750. The van der Waals surface area contributed by atoms with Crippen molar-refractivity contribution in [2.75, 3.05) is 0 Å². The van der Waals surface area contributed by atoms with E-state index in [4.69, 9.17) is 9.52 Å². The minimum atomic E-state index is -0.00750. The van der Waals surface area contributed by atoms with Gasteiger partial charge in [0.2, 0.25) is 0 Å². The average molecular weight is 182 g/mol. The SMILES string of the molecule is CC(C)c1cc(CO)oc1C(C)C. The molecule has 0 radical (unpaired) electrons. The third-order valence-electron chi connectivity index (χ3n) is 2.14. The maximum Gasteiger partial charge on any atom is 0.129 e. The molecule has 0 amide bonds. The molecule has 0 bridgehead atoms. The highest BCUT2D eigenvalue weighted by Crippen LogP contribution is 2.29. The van der Waals surface area contributed by atoms with Crippen molar-refractivity contribution in [3.63, 3.8) is 0 Å². The Labute approximate surface area is 79.6 Å². The summed E-state index contributed by atoms with van der Waals surface area (Å²) in [6, 6.07) is 1.96. The Bertz CT molecular complexity index is 246. The van der Waals surface area contributed by atoms with Gasteiger partial charge in [-0.3, -0.25) is 0 Å². The van der Waals surface area contributed by atoms with E-state index in [0.29, 0.717) is 17.6 Å². The third-order valence-corrected chi connectivity index (χ3v) is 2.14. The lowest BCUT2D eigenvalue weighted by molar-refractivity contribution is 0.242. The monoisotopic (exact) mass is 182 g/mol. The Morgan fingerprint density at radius 3 is 2.15 bits per heavy atom. The van der Waals surface area contributed by atoms with Gasteiger partial charge in [-0.05, 0) is 17.5 Å². The maximum absolute atomic E-state index is 8.95. The van der Waals surface area contributed by atoms with E-state index in [1.807, 2.05) is 6.07 Å². The van der Waals surface area contributed by atoms with E-state index in [1.165, 1.54) is 5.56 Å². The van der Waals surface area contributed by atoms with Crippen molar-refractivity contribution in [1.29, 1.82) is 0 Å². The molecule has 13 heavy (non-hydrogen) atoms. The van der Waals surface area contributed by atoms with Crippen LogP contribution in [0.2, 0.25) is 0 Å². The zero-order valence-corrected chi connectivity index (χ0v) is 8.79. The minimum Gasteiger partial charge on any atom is -0.463 e. The number of furan rings is 1. The molecule has 0 atom stereocenters. The molecule has 1 heterocycles. The van der Waals surface area contributed by atoms with Crippen LogP contribution < -0.4 is 0 Å². The van der Waals surface area contributed by atoms with Gasteiger partial charge in [-0.1, -0.05) is 27.7 Å². The smallest absolute Gasteiger partial charge is 0.129 e. The van der Waals surface area contributed by atoms with Crippen LogP contribution in [-0.2, 0) is 6.61 Å². The summed E-state index contributed by atoms with van der Waals surface area (Å²) in [4.78, 5) is 0. The summed E-state index contributed by atoms with van der Waals surface area (Å²) in [7, 11) is 0. The summed E-state index contributed by atoms with van der Waals surface area (Å²) in [5.74, 6) is 2.53. The lowest BCUT2D eigenvalue weighted by atomic mass is 9.98. The van der Waals surface area contributed by atoms with Crippen molar-refractivity contribution in [2.24, 2.45) is 0 Å². The predicted molar refractivity (Wildman–Crippen MR) is 52.8 cm³/mol. The van der Waals surface area contributed by atoms with Gasteiger partial charge in [0.15, 0.2) is 0 Å². The van der Waals surface area contributed by atoms with Crippen molar-refractivity contribution >= 4 is 0 Å². The highest BCUT2D eigenvalue weighted by atomic mass is 16.4. The predicted octanol–water partition coefficient (Wildman–Crippen LogP) is 3.02. The zero-order chi connectivity index (χ0) is 10.0. The first-order valence-electron chi connectivity index (χ1n) is 4.79. The van der Waals surface area contributed by atoms with E-state index in [-0.39, 0.29) is 6.61 Å². The number of aliphatic hydroxyl groups is 1. The van der Waals surface area contributed by atoms with Crippen LogP contribution in [0, 0.1) is 0 Å². The summed E-state index contributed by atoms with van der Waals surface area (Å²) in [5, 5.41) is 8.95. The van der Waals surface area contributed by atoms with Crippen molar-refractivity contribution < 1.29 is 9.52 Å². The third kappa shape index (κ3) is 2.13. The van der Waals surface area contributed by atoms with Crippen LogP contribution in [-0.4, -0.2) is 5.11 Å². The van der Waals surface area contributed by atoms with E-state index < -0.39 is 0 Å². The Morgan fingerprint density at radius 2 is 1.85 bits per heavy atom. The molecule has 0 aliphatic rings. The second-order valence-electron chi connectivity index (χ2n) is 4.00. The molecule has 0 aliphatic heterocycles. The number of aliphatic hydroxyl groups excluding tert-OH is 1. The molecule has 2 nitrogen and oxygen atoms in total. The van der Waals surface area contributed by atoms with Gasteiger partial charge in [-0.2, -0.15) is 0 Å². The quantitative estimate of drug-likeness (QED) is 0.779. The molecule has 0 fully saturated rings. The molecule has 1 N–H and O–H groups in total. The van der Waals surface area contributed by atoms with Crippen LogP contribution in [0.3, 0.4) is 0 Å². The summed E-state index contributed by atoms with van der Waals surface area (Å²) < 4.78 is 5.54. The van der Waals surface area contributed by atoms with Gasteiger partial charge in [0.25, 0.3) is 0 Å². The summed E-state index contributed by atoms with van der Waals surface area (Å²) in [5.41, 5.74) is 1.22. The van der Waals surface area contributed by atoms with E-state index in [0.717, 1.165) is 5.76 Å². The first-order chi connectivity index (χ1) is 6.06. The molecular weight excluding hydrogens is 164 g/mol. The largest absolute Gasteiger partial charge is 0.463 e. The van der Waals surface area contributed by atoms with Crippen molar-refractivity contribution in [3.05, 3.63) is 23.2 Å². The molecule has 1 rings (SSSR count). The van der Waals surface area contributed by atoms with Crippen molar-refractivity contribution in [2.45, 2.75) is 46.1 Å². The van der Waals surface area contributed by atoms with Crippen LogP contribution in [0.1, 0.15) is 56.6 Å². The molecule has 1 aromatic heterocycles. The molecule has 0 aromatic carbocycles. The Hall–Kier alpha value is -0.760. The molecule has 0 unspecified atom stereocenters. The fraction of sp³-hybridized carbons (Fsp3) is 0.636. The fourth-order valence-corrected chi connectivity index (χ4v) is 1.45. The van der Waals surface area contributed by atoms with Crippen LogP contribution in [0.4, 0.5) is 0 Å². The van der Waals surface area contributed by atoms with E-state index in [9.17, 15) is 0 Å². The zero-order valence-electron chi connectivity index (χ0n) is 8.79. The number of rotatable bonds is 3. The van der Waals surface area contributed by atoms with Crippen LogP contribution in [0.15, 0.2) is 10.5 Å². The fourth-order valence-electron chi connectivity index (χ4n) is 1.45. The Balaban J connectivity index is 3.08. The average Bonchev–Trinajstić information content (AvgIpc) is 2.47.